The van der Waals surface area contributed by atoms with E-state index in [0.29, 0.717) is 35.3 Å². The molecular weight excluding hydrogens is 416 g/mol. The zero-order valence-electron chi connectivity index (χ0n) is 18.1. The van der Waals surface area contributed by atoms with Crippen molar-refractivity contribution in [2.24, 2.45) is 5.92 Å². The maximum atomic E-state index is 13.2. The highest BCUT2D eigenvalue weighted by Crippen LogP contribution is 2.46. The Morgan fingerprint density at radius 3 is 2.65 bits per heavy atom. The maximum Gasteiger partial charge on any atom is 0.315 e. The lowest BCUT2D eigenvalue weighted by molar-refractivity contribution is 0.168. The van der Waals surface area contributed by atoms with Gasteiger partial charge in [-0.15, -0.1) is 0 Å². The molecule has 2 aromatic rings. The van der Waals surface area contributed by atoms with Gasteiger partial charge in [-0.25, -0.2) is 17.9 Å². The van der Waals surface area contributed by atoms with Gasteiger partial charge >= 0.3 is 6.03 Å². The second-order valence-corrected chi connectivity index (χ2v) is 10.6. The molecule has 8 nitrogen and oxygen atoms in total. The molecule has 1 fully saturated rings. The van der Waals surface area contributed by atoms with Crippen LogP contribution in [0.2, 0.25) is 0 Å². The van der Waals surface area contributed by atoms with Crippen molar-refractivity contribution in [2.75, 3.05) is 13.1 Å². The molecular formula is C22H30N4O4S. The van der Waals surface area contributed by atoms with Gasteiger partial charge < -0.3 is 15.7 Å². The number of aromatic nitrogens is 1. The highest BCUT2D eigenvalue weighted by atomic mass is 32.2. The number of nitrogens with one attached hydrogen (secondary N) is 3. The number of amides is 2. The quantitative estimate of drug-likeness (QED) is 0.521. The maximum absolute atomic E-state index is 13.2. The molecule has 2 amide bonds. The first kappa shape index (κ1) is 22.0. The monoisotopic (exact) mass is 446 g/mol. The van der Waals surface area contributed by atoms with Crippen molar-refractivity contribution in [2.45, 2.75) is 63.0 Å². The molecule has 1 aromatic heterocycles. The summed E-state index contributed by atoms with van der Waals surface area (Å²) in [7, 11) is -3.79. The Hall–Kier alpha value is -2.23. The number of hydrogen-bond acceptors (Lipinski definition) is 5. The van der Waals surface area contributed by atoms with Crippen LogP contribution >= 0.6 is 0 Å². The molecule has 0 radical (unpaired) electrons. The van der Waals surface area contributed by atoms with Crippen molar-refractivity contribution in [1.29, 1.82) is 0 Å². The van der Waals surface area contributed by atoms with Gasteiger partial charge in [-0.3, -0.25) is 4.98 Å². The van der Waals surface area contributed by atoms with Gasteiger partial charge in [0.2, 0.25) is 10.0 Å². The van der Waals surface area contributed by atoms with E-state index in [1.807, 2.05) is 26.8 Å². The van der Waals surface area contributed by atoms with Crippen molar-refractivity contribution in [1.82, 2.24) is 20.3 Å². The molecule has 0 bridgehead atoms. The number of benzene rings is 1. The fourth-order valence-corrected chi connectivity index (χ4v) is 5.60. The average Bonchev–Trinajstić information content (AvgIpc) is 3.51. The molecule has 1 heterocycles. The van der Waals surface area contributed by atoms with Gasteiger partial charge in [0.05, 0.1) is 17.0 Å². The zero-order chi connectivity index (χ0) is 22.3. The SMILES string of the molecule is CCNC(=O)N[C@H]1C[C@H](O)c2cc(S(=O)(=O)NCC(C)C)c3cc(C4CC4)ncc3c21. The second-order valence-electron chi connectivity index (χ2n) is 8.86. The lowest BCUT2D eigenvalue weighted by Crippen LogP contribution is -2.37. The van der Waals surface area contributed by atoms with Gasteiger partial charge in [0.25, 0.3) is 0 Å². The minimum Gasteiger partial charge on any atom is -0.388 e. The predicted molar refractivity (Wildman–Crippen MR) is 118 cm³/mol. The van der Waals surface area contributed by atoms with Gasteiger partial charge in [0.1, 0.15) is 0 Å². The molecule has 0 saturated heterocycles. The van der Waals surface area contributed by atoms with Gasteiger partial charge in [-0.1, -0.05) is 13.8 Å². The minimum absolute atomic E-state index is 0.156. The van der Waals surface area contributed by atoms with E-state index in [2.05, 4.69) is 20.3 Å². The molecule has 0 unspecified atom stereocenters. The lowest BCUT2D eigenvalue weighted by Gasteiger charge is -2.19. The van der Waals surface area contributed by atoms with Gasteiger partial charge in [0.15, 0.2) is 0 Å². The van der Waals surface area contributed by atoms with Gasteiger partial charge in [-0.2, -0.15) is 0 Å². The van der Waals surface area contributed by atoms with Crippen LogP contribution in [-0.4, -0.2) is 37.6 Å². The summed E-state index contributed by atoms with van der Waals surface area (Å²) in [4.78, 5) is 16.9. The lowest BCUT2D eigenvalue weighted by atomic mass is 9.99. The van der Waals surface area contributed by atoms with E-state index in [0.717, 1.165) is 24.1 Å². The Labute approximate surface area is 182 Å². The summed E-state index contributed by atoms with van der Waals surface area (Å²) in [5.74, 6) is 0.530. The third-order valence-electron chi connectivity index (χ3n) is 5.85. The van der Waals surface area contributed by atoms with E-state index in [1.165, 1.54) is 0 Å². The van der Waals surface area contributed by atoms with Crippen LogP contribution in [-0.2, 0) is 10.0 Å². The van der Waals surface area contributed by atoms with E-state index >= 15 is 0 Å². The second kappa shape index (κ2) is 8.37. The smallest absolute Gasteiger partial charge is 0.315 e. The summed E-state index contributed by atoms with van der Waals surface area (Å²) in [5, 5.41) is 17.6. The summed E-state index contributed by atoms with van der Waals surface area (Å²) >= 11 is 0. The van der Waals surface area contributed by atoms with Crippen LogP contribution in [0.15, 0.2) is 23.2 Å². The van der Waals surface area contributed by atoms with E-state index in [4.69, 9.17) is 0 Å². The molecule has 4 rings (SSSR count). The Morgan fingerprint density at radius 1 is 1.26 bits per heavy atom. The van der Waals surface area contributed by atoms with Gasteiger partial charge in [0, 0.05) is 48.1 Å². The number of urea groups is 1. The zero-order valence-corrected chi connectivity index (χ0v) is 18.9. The Morgan fingerprint density at radius 2 is 2.00 bits per heavy atom. The largest absolute Gasteiger partial charge is 0.388 e. The number of rotatable bonds is 7. The van der Waals surface area contributed by atoms with Crippen LogP contribution in [0.5, 0.6) is 0 Å². The molecule has 168 valence electrons. The molecule has 2 aliphatic carbocycles. The molecule has 1 saturated carbocycles. The van der Waals surface area contributed by atoms with E-state index in [9.17, 15) is 18.3 Å². The van der Waals surface area contributed by atoms with Crippen LogP contribution in [0.4, 0.5) is 4.79 Å². The highest BCUT2D eigenvalue weighted by Gasteiger charge is 2.36. The first-order chi connectivity index (χ1) is 14.7. The van der Waals surface area contributed by atoms with Crippen LogP contribution < -0.4 is 15.4 Å². The highest BCUT2D eigenvalue weighted by molar-refractivity contribution is 7.89. The third-order valence-corrected chi connectivity index (χ3v) is 7.32. The molecule has 4 N–H and O–H groups in total. The molecule has 2 aliphatic rings. The molecule has 1 aromatic carbocycles. The predicted octanol–water partition coefficient (Wildman–Crippen LogP) is 2.84. The molecule has 0 spiro atoms. The van der Waals surface area contributed by atoms with Crippen molar-refractivity contribution < 1.29 is 18.3 Å². The first-order valence-corrected chi connectivity index (χ1v) is 12.4. The average molecular weight is 447 g/mol. The molecule has 0 aliphatic heterocycles. The number of sulfonamides is 1. The fraction of sp³-hybridized carbons (Fsp3) is 0.545. The Bertz CT molecular complexity index is 1110. The topological polar surface area (TPSA) is 120 Å². The first-order valence-electron chi connectivity index (χ1n) is 10.9. The van der Waals surface area contributed by atoms with Crippen molar-refractivity contribution in [3.8, 4) is 0 Å². The summed E-state index contributed by atoms with van der Waals surface area (Å²) in [6.07, 6.45) is 3.23. The van der Waals surface area contributed by atoms with Gasteiger partial charge in [-0.05, 0) is 48.9 Å². The van der Waals surface area contributed by atoms with E-state index in [1.54, 1.807) is 12.3 Å². The summed E-state index contributed by atoms with van der Waals surface area (Å²) in [6, 6.07) is 2.69. The van der Waals surface area contributed by atoms with Crippen LogP contribution in [0, 0.1) is 5.92 Å². The van der Waals surface area contributed by atoms with Crippen LogP contribution in [0.1, 0.15) is 74.9 Å². The van der Waals surface area contributed by atoms with E-state index < -0.39 is 22.2 Å². The summed E-state index contributed by atoms with van der Waals surface area (Å²) in [6.45, 7) is 6.53. The number of aliphatic hydroxyl groups is 1. The van der Waals surface area contributed by atoms with Crippen molar-refractivity contribution in [3.63, 3.8) is 0 Å². The standard InChI is InChI=1S/C22H30N4O4S/c1-4-23-22(28)26-18-9-19(27)15-8-20(31(29,30)25-10-12(2)3)14-7-17(13-5-6-13)24-11-16(14)21(15)18/h7-8,11-13,18-19,25,27H,4-6,9-10H2,1-3H3,(H2,23,26,28)/t18-,19-/m0/s1. The number of aliphatic hydroxyl groups excluding tert-OH is 1. The number of fused-ring (bicyclic) bond motifs is 3. The van der Waals surface area contributed by atoms with Crippen LogP contribution in [0.3, 0.4) is 0 Å². The van der Waals surface area contributed by atoms with Crippen molar-refractivity contribution >= 4 is 26.8 Å². The molecule has 2 atom stereocenters. The van der Waals surface area contributed by atoms with Crippen LogP contribution in [0.25, 0.3) is 10.8 Å². The minimum atomic E-state index is -3.79. The molecule has 31 heavy (non-hydrogen) atoms. The summed E-state index contributed by atoms with van der Waals surface area (Å²) in [5.41, 5.74) is 2.16. The Balaban J connectivity index is 1.87. The van der Waals surface area contributed by atoms with E-state index in [-0.39, 0.29) is 23.3 Å². The Kier molecular flexibility index (Phi) is 5.93. The third kappa shape index (κ3) is 4.40. The normalized spacial score (nSPS) is 20.8. The number of nitrogens with zero attached hydrogens (tertiary/aromatic N) is 1. The number of hydrogen-bond donors (Lipinski definition) is 4. The number of carbonyl (C=O) groups is 1. The van der Waals surface area contributed by atoms with Crippen molar-refractivity contribution in [3.05, 3.63) is 35.2 Å². The fourth-order valence-electron chi connectivity index (χ4n) is 4.15. The number of pyridine rings is 1. The molecule has 9 heteroatoms. The number of carbonyl (C=O) groups excluding carboxylic acids is 1. The summed E-state index contributed by atoms with van der Waals surface area (Å²) < 4.78 is 29.1.